The number of anilines is 2. The van der Waals surface area contributed by atoms with Crippen LogP contribution in [-0.4, -0.2) is 20.9 Å². The predicted molar refractivity (Wildman–Crippen MR) is 113 cm³/mol. The fourth-order valence-electron chi connectivity index (χ4n) is 3.55. The van der Waals surface area contributed by atoms with E-state index in [1.807, 2.05) is 11.0 Å². The molecule has 0 spiro atoms. The summed E-state index contributed by atoms with van der Waals surface area (Å²) in [7, 11) is 0. The molecule has 0 radical (unpaired) electrons. The number of nitrogens with zero attached hydrogens (tertiary/aromatic N) is 4. The Morgan fingerprint density at radius 2 is 1.88 bits per heavy atom. The average molecular weight is 463 g/mol. The van der Waals surface area contributed by atoms with Crippen molar-refractivity contribution in [1.29, 1.82) is 0 Å². The standard InChI is InChI=1S/C21H18ClF3N6O/c1-11-28-19(26)30-20(29-11)31-9-14-3-2-12(6-15(14)10-31)18(32)27-8-13-4-5-16(22)7-17(13)21(23,24)25/h2-7H,8-10H2,1H3,(H,27,32)(H2,26,28,29,30). The lowest BCUT2D eigenvalue weighted by Gasteiger charge is -2.15. The molecular formula is C21H18ClF3N6O. The van der Waals surface area contributed by atoms with Crippen LogP contribution >= 0.6 is 11.6 Å². The number of carbonyl (C=O) groups is 1. The molecule has 1 aliphatic rings. The molecule has 166 valence electrons. The highest BCUT2D eigenvalue weighted by molar-refractivity contribution is 6.30. The lowest BCUT2D eigenvalue weighted by atomic mass is 10.0. The molecule has 0 atom stereocenters. The summed E-state index contributed by atoms with van der Waals surface area (Å²) in [6.45, 7) is 2.45. The molecule has 0 unspecified atom stereocenters. The number of nitrogens with one attached hydrogen (secondary N) is 1. The van der Waals surface area contributed by atoms with E-state index in [-0.39, 0.29) is 23.1 Å². The summed E-state index contributed by atoms with van der Waals surface area (Å²) in [5.74, 6) is 0.599. The van der Waals surface area contributed by atoms with E-state index in [9.17, 15) is 18.0 Å². The third kappa shape index (κ3) is 4.59. The van der Waals surface area contributed by atoms with Crippen LogP contribution in [0.25, 0.3) is 0 Å². The maximum Gasteiger partial charge on any atom is 0.416 e. The van der Waals surface area contributed by atoms with Gasteiger partial charge < -0.3 is 16.0 Å². The first-order chi connectivity index (χ1) is 15.1. The van der Waals surface area contributed by atoms with Crippen molar-refractivity contribution < 1.29 is 18.0 Å². The number of benzene rings is 2. The summed E-state index contributed by atoms with van der Waals surface area (Å²) in [6.07, 6.45) is -4.57. The molecule has 0 saturated carbocycles. The zero-order valence-electron chi connectivity index (χ0n) is 16.9. The molecule has 0 fully saturated rings. The maximum atomic E-state index is 13.3. The highest BCUT2D eigenvalue weighted by Gasteiger charge is 2.33. The summed E-state index contributed by atoms with van der Waals surface area (Å²) in [5.41, 5.74) is 7.01. The minimum atomic E-state index is -4.57. The molecule has 3 N–H and O–H groups in total. The summed E-state index contributed by atoms with van der Waals surface area (Å²) >= 11 is 5.70. The molecule has 0 bridgehead atoms. The van der Waals surface area contributed by atoms with Crippen molar-refractivity contribution in [2.45, 2.75) is 32.7 Å². The minimum absolute atomic E-state index is 0.0225. The molecule has 1 amide bonds. The summed E-state index contributed by atoms with van der Waals surface area (Å²) in [4.78, 5) is 26.9. The van der Waals surface area contributed by atoms with Gasteiger partial charge in [-0.3, -0.25) is 4.79 Å². The third-order valence-corrected chi connectivity index (χ3v) is 5.28. The molecule has 7 nitrogen and oxygen atoms in total. The van der Waals surface area contributed by atoms with Crippen LogP contribution in [0, 0.1) is 6.92 Å². The fourth-order valence-corrected chi connectivity index (χ4v) is 3.72. The van der Waals surface area contributed by atoms with Crippen molar-refractivity contribution in [3.8, 4) is 0 Å². The Labute approximate surface area is 186 Å². The van der Waals surface area contributed by atoms with Gasteiger partial charge in [-0.25, -0.2) is 0 Å². The highest BCUT2D eigenvalue weighted by Crippen LogP contribution is 2.34. The van der Waals surface area contributed by atoms with Gasteiger partial charge in [-0.05, 0) is 47.9 Å². The first-order valence-corrected chi connectivity index (χ1v) is 9.96. The number of aromatic nitrogens is 3. The molecule has 32 heavy (non-hydrogen) atoms. The summed E-state index contributed by atoms with van der Waals surface area (Å²) < 4.78 is 39.8. The van der Waals surface area contributed by atoms with E-state index >= 15 is 0 Å². The number of amides is 1. The SMILES string of the molecule is Cc1nc(N)nc(N2Cc3ccc(C(=O)NCc4ccc(Cl)cc4C(F)(F)F)cc3C2)n1. The number of fused-ring (bicyclic) bond motifs is 1. The molecule has 0 saturated heterocycles. The predicted octanol–water partition coefficient (Wildman–Crippen LogP) is 3.88. The molecule has 2 aromatic carbocycles. The quantitative estimate of drug-likeness (QED) is 0.610. The molecule has 3 aromatic rings. The van der Waals surface area contributed by atoms with Gasteiger partial charge in [0.15, 0.2) is 0 Å². The van der Waals surface area contributed by atoms with E-state index in [1.54, 1.807) is 19.1 Å². The van der Waals surface area contributed by atoms with Crippen molar-refractivity contribution in [3.05, 3.63) is 75.1 Å². The molecule has 0 aliphatic carbocycles. The van der Waals surface area contributed by atoms with Gasteiger partial charge in [0.25, 0.3) is 5.91 Å². The van der Waals surface area contributed by atoms with Crippen LogP contribution < -0.4 is 16.0 Å². The number of nitrogen functional groups attached to an aromatic ring is 1. The van der Waals surface area contributed by atoms with Crippen molar-refractivity contribution >= 4 is 29.4 Å². The lowest BCUT2D eigenvalue weighted by molar-refractivity contribution is -0.138. The van der Waals surface area contributed by atoms with E-state index in [0.717, 1.165) is 17.2 Å². The largest absolute Gasteiger partial charge is 0.416 e. The fraction of sp³-hybridized carbons (Fsp3) is 0.238. The Morgan fingerprint density at radius 3 is 2.59 bits per heavy atom. The Morgan fingerprint density at radius 1 is 1.12 bits per heavy atom. The smallest absolute Gasteiger partial charge is 0.368 e. The Hall–Kier alpha value is -3.40. The Bertz CT molecular complexity index is 1180. The van der Waals surface area contributed by atoms with E-state index < -0.39 is 17.6 Å². The molecule has 11 heteroatoms. The van der Waals surface area contributed by atoms with Crippen molar-refractivity contribution in [2.75, 3.05) is 10.6 Å². The number of aryl methyl sites for hydroxylation is 1. The van der Waals surface area contributed by atoms with Gasteiger partial charge in [-0.1, -0.05) is 23.7 Å². The van der Waals surface area contributed by atoms with Crippen LogP contribution in [0.3, 0.4) is 0 Å². The topological polar surface area (TPSA) is 97.0 Å². The van der Waals surface area contributed by atoms with Gasteiger partial charge in [-0.15, -0.1) is 0 Å². The number of carbonyl (C=O) groups excluding carboxylic acids is 1. The number of alkyl halides is 3. The van der Waals surface area contributed by atoms with Crippen molar-refractivity contribution in [3.63, 3.8) is 0 Å². The van der Waals surface area contributed by atoms with Crippen LogP contribution in [-0.2, 0) is 25.8 Å². The van der Waals surface area contributed by atoms with Crippen molar-refractivity contribution in [1.82, 2.24) is 20.3 Å². The lowest BCUT2D eigenvalue weighted by Crippen LogP contribution is -2.24. The van der Waals surface area contributed by atoms with Crippen LogP contribution in [0.4, 0.5) is 25.1 Å². The Kier molecular flexibility index (Phi) is 5.64. The minimum Gasteiger partial charge on any atom is -0.368 e. The first-order valence-electron chi connectivity index (χ1n) is 9.59. The zero-order valence-corrected chi connectivity index (χ0v) is 17.6. The van der Waals surface area contributed by atoms with E-state index in [2.05, 4.69) is 20.3 Å². The molecule has 2 heterocycles. The van der Waals surface area contributed by atoms with Gasteiger partial charge in [0.1, 0.15) is 5.82 Å². The normalized spacial score (nSPS) is 13.2. The van der Waals surface area contributed by atoms with Crippen LogP contribution in [0.2, 0.25) is 5.02 Å². The second-order valence-electron chi connectivity index (χ2n) is 7.36. The Balaban J connectivity index is 1.48. The van der Waals surface area contributed by atoms with Crippen molar-refractivity contribution in [2.24, 2.45) is 0 Å². The second kappa shape index (κ2) is 8.27. The monoisotopic (exact) mass is 462 g/mol. The number of halogens is 4. The van der Waals surface area contributed by atoms with Gasteiger partial charge >= 0.3 is 6.18 Å². The number of hydrogen-bond donors (Lipinski definition) is 2. The van der Waals surface area contributed by atoms with E-state index in [0.29, 0.717) is 30.4 Å². The number of nitrogens with two attached hydrogens (primary N) is 1. The average Bonchev–Trinajstić information content (AvgIpc) is 3.14. The van der Waals surface area contributed by atoms with Gasteiger partial charge in [-0.2, -0.15) is 28.1 Å². The number of rotatable bonds is 4. The molecular weight excluding hydrogens is 445 g/mol. The highest BCUT2D eigenvalue weighted by atomic mass is 35.5. The zero-order chi connectivity index (χ0) is 23.0. The first kappa shape index (κ1) is 21.8. The summed E-state index contributed by atoms with van der Waals surface area (Å²) in [6, 6.07) is 8.63. The third-order valence-electron chi connectivity index (χ3n) is 5.04. The van der Waals surface area contributed by atoms with E-state index in [1.165, 1.54) is 12.1 Å². The van der Waals surface area contributed by atoms with E-state index in [4.69, 9.17) is 17.3 Å². The maximum absolute atomic E-state index is 13.3. The number of hydrogen-bond acceptors (Lipinski definition) is 6. The van der Waals surface area contributed by atoms with Crippen LogP contribution in [0.15, 0.2) is 36.4 Å². The van der Waals surface area contributed by atoms with Gasteiger partial charge in [0.2, 0.25) is 11.9 Å². The second-order valence-corrected chi connectivity index (χ2v) is 7.80. The molecule has 4 rings (SSSR count). The van der Waals surface area contributed by atoms with Gasteiger partial charge in [0.05, 0.1) is 5.56 Å². The molecule has 1 aliphatic heterocycles. The van der Waals surface area contributed by atoms with Gasteiger partial charge in [0, 0.05) is 30.2 Å². The van der Waals surface area contributed by atoms with Crippen LogP contribution in [0.5, 0.6) is 0 Å². The van der Waals surface area contributed by atoms with Crippen LogP contribution in [0.1, 0.15) is 38.4 Å². The summed E-state index contributed by atoms with van der Waals surface area (Å²) in [5, 5.41) is 2.53. The molecule has 1 aromatic heterocycles.